The third kappa shape index (κ3) is 7.53. The highest BCUT2D eigenvalue weighted by molar-refractivity contribution is 7.98. The fourth-order valence-corrected chi connectivity index (χ4v) is 2.67. The Morgan fingerprint density at radius 3 is 2.58 bits per heavy atom. The Morgan fingerprint density at radius 2 is 2.00 bits per heavy atom. The van der Waals surface area contributed by atoms with E-state index in [9.17, 15) is 4.79 Å². The van der Waals surface area contributed by atoms with E-state index in [1.807, 2.05) is 38.1 Å². The average molecular weight is 392 g/mol. The van der Waals surface area contributed by atoms with E-state index in [1.54, 1.807) is 11.8 Å². The van der Waals surface area contributed by atoms with Crippen LogP contribution < -0.4 is 10.6 Å². The highest BCUT2D eigenvalue weighted by Crippen LogP contribution is 2.18. The van der Waals surface area contributed by atoms with Gasteiger partial charge in [0, 0.05) is 23.9 Å². The van der Waals surface area contributed by atoms with Crippen LogP contribution in [0.25, 0.3) is 0 Å². The van der Waals surface area contributed by atoms with Crippen LogP contribution in [0.5, 0.6) is 0 Å². The Balaban J connectivity index is 0.00000264. The molecule has 2 rings (SSSR count). The third-order valence-corrected chi connectivity index (χ3v) is 4.05. The third-order valence-electron chi connectivity index (χ3n) is 3.11. The Bertz CT molecular complexity index is 580. The van der Waals surface area contributed by atoms with Crippen molar-refractivity contribution in [1.82, 2.24) is 25.8 Å². The van der Waals surface area contributed by atoms with E-state index in [2.05, 4.69) is 25.8 Å². The van der Waals surface area contributed by atoms with Gasteiger partial charge in [0.2, 0.25) is 0 Å². The maximum Gasteiger partial charge on any atom is 0.251 e. The van der Waals surface area contributed by atoms with Gasteiger partial charge < -0.3 is 10.6 Å². The number of aromatic amines is 1. The second kappa shape index (κ2) is 12.1. The van der Waals surface area contributed by atoms with E-state index >= 15 is 0 Å². The zero-order valence-electron chi connectivity index (χ0n) is 13.6. The first kappa shape index (κ1) is 22.7. The largest absolute Gasteiger partial charge is 0.350 e. The van der Waals surface area contributed by atoms with E-state index in [0.717, 1.165) is 23.0 Å². The molecule has 0 unspecified atom stereocenters. The summed E-state index contributed by atoms with van der Waals surface area (Å²) >= 11 is 1.58. The summed E-state index contributed by atoms with van der Waals surface area (Å²) < 4.78 is 0. The minimum atomic E-state index is -0.0424. The number of halogens is 2. The second-order valence-corrected chi connectivity index (χ2v) is 5.91. The van der Waals surface area contributed by atoms with Crippen molar-refractivity contribution in [3.63, 3.8) is 0 Å². The number of H-pyrrole nitrogens is 1. The molecular weight excluding hydrogens is 369 g/mol. The van der Waals surface area contributed by atoms with Gasteiger partial charge >= 0.3 is 0 Å². The molecule has 0 aliphatic rings. The van der Waals surface area contributed by atoms with Crippen LogP contribution in [0.15, 0.2) is 35.7 Å². The number of hydrogen-bond acceptors (Lipinski definition) is 5. The number of hydrogen-bond donors (Lipinski definition) is 3. The van der Waals surface area contributed by atoms with Crippen LogP contribution in [-0.2, 0) is 5.75 Å². The van der Waals surface area contributed by atoms with E-state index in [0.29, 0.717) is 12.1 Å². The molecule has 0 aliphatic heterocycles. The fourth-order valence-electron chi connectivity index (χ4n) is 1.94. The molecule has 0 spiro atoms. The van der Waals surface area contributed by atoms with Crippen molar-refractivity contribution in [3.05, 3.63) is 41.7 Å². The van der Waals surface area contributed by atoms with Gasteiger partial charge in [0.25, 0.3) is 5.91 Å². The van der Waals surface area contributed by atoms with Gasteiger partial charge in [0.05, 0.1) is 0 Å². The standard InChI is InChI=1S/C15H21N5OS.2ClH/c1-3-16-11(2)8-17-14(21)13-6-4-12(5-7-13)9-22-15-18-10-19-20-15;;/h4-7,10-11,16H,3,8-9H2,1-2H3,(H,17,21)(H,18,19,20);2*1H/t11-;;/m1../s1. The van der Waals surface area contributed by atoms with E-state index in [1.165, 1.54) is 6.33 Å². The second-order valence-electron chi connectivity index (χ2n) is 4.94. The number of carbonyl (C=O) groups is 1. The molecule has 3 N–H and O–H groups in total. The van der Waals surface area contributed by atoms with Gasteiger partial charge in [-0.1, -0.05) is 30.8 Å². The molecule has 0 aliphatic carbocycles. The summed E-state index contributed by atoms with van der Waals surface area (Å²) in [6.45, 7) is 5.62. The van der Waals surface area contributed by atoms with Gasteiger partial charge in [-0.25, -0.2) is 4.98 Å². The van der Waals surface area contributed by atoms with E-state index in [-0.39, 0.29) is 36.8 Å². The predicted molar refractivity (Wildman–Crippen MR) is 102 cm³/mol. The average Bonchev–Trinajstić information content (AvgIpc) is 3.05. The number of likely N-dealkylation sites (N-methyl/N-ethyl adjacent to an activating group) is 1. The van der Waals surface area contributed by atoms with Crippen molar-refractivity contribution >= 4 is 42.5 Å². The number of rotatable bonds is 8. The molecule has 0 fully saturated rings. The highest BCUT2D eigenvalue weighted by Gasteiger charge is 2.07. The lowest BCUT2D eigenvalue weighted by molar-refractivity contribution is 0.0950. The maximum atomic E-state index is 12.0. The molecule has 134 valence electrons. The van der Waals surface area contributed by atoms with Crippen LogP contribution in [-0.4, -0.2) is 40.2 Å². The molecule has 1 atom stereocenters. The van der Waals surface area contributed by atoms with E-state index < -0.39 is 0 Å². The molecule has 2 aromatic rings. The number of carbonyl (C=O) groups excluding carboxylic acids is 1. The summed E-state index contributed by atoms with van der Waals surface area (Å²) in [7, 11) is 0. The van der Waals surface area contributed by atoms with Crippen LogP contribution in [0.2, 0.25) is 0 Å². The lowest BCUT2D eigenvalue weighted by Gasteiger charge is -2.13. The maximum absolute atomic E-state index is 12.0. The lowest BCUT2D eigenvalue weighted by atomic mass is 10.1. The van der Waals surface area contributed by atoms with Gasteiger partial charge in [-0.3, -0.25) is 9.89 Å². The summed E-state index contributed by atoms with van der Waals surface area (Å²) in [6.07, 6.45) is 1.49. The normalized spacial score (nSPS) is 11.1. The topological polar surface area (TPSA) is 82.7 Å². The van der Waals surface area contributed by atoms with Crippen molar-refractivity contribution in [2.75, 3.05) is 13.1 Å². The number of benzene rings is 1. The number of nitrogens with zero attached hydrogens (tertiary/aromatic N) is 2. The monoisotopic (exact) mass is 391 g/mol. The van der Waals surface area contributed by atoms with Crippen molar-refractivity contribution in [2.24, 2.45) is 0 Å². The molecule has 1 amide bonds. The molecule has 0 radical (unpaired) electrons. The van der Waals surface area contributed by atoms with Gasteiger partial charge in [-0.2, -0.15) is 5.10 Å². The Morgan fingerprint density at radius 1 is 1.29 bits per heavy atom. The first-order valence-corrected chi connectivity index (χ1v) is 8.26. The summed E-state index contributed by atoms with van der Waals surface area (Å²) in [5.74, 6) is 0.744. The summed E-state index contributed by atoms with van der Waals surface area (Å²) in [5, 5.41) is 13.6. The van der Waals surface area contributed by atoms with Gasteiger partial charge in [0.15, 0.2) is 5.16 Å². The molecule has 0 saturated carbocycles. The van der Waals surface area contributed by atoms with Crippen LogP contribution >= 0.6 is 36.6 Å². The van der Waals surface area contributed by atoms with Crippen molar-refractivity contribution < 1.29 is 4.79 Å². The molecule has 1 aromatic carbocycles. The molecule has 6 nitrogen and oxygen atoms in total. The first-order valence-electron chi connectivity index (χ1n) is 7.27. The Hall–Kier alpha value is -1.28. The van der Waals surface area contributed by atoms with Gasteiger partial charge in [0.1, 0.15) is 6.33 Å². The molecule has 24 heavy (non-hydrogen) atoms. The summed E-state index contributed by atoms with van der Waals surface area (Å²) in [4.78, 5) is 16.1. The zero-order valence-corrected chi connectivity index (χ0v) is 16.1. The zero-order chi connectivity index (χ0) is 15.8. The van der Waals surface area contributed by atoms with Crippen molar-refractivity contribution in [2.45, 2.75) is 30.8 Å². The van der Waals surface area contributed by atoms with Crippen LogP contribution in [0.3, 0.4) is 0 Å². The summed E-state index contributed by atoms with van der Waals surface area (Å²) in [6, 6.07) is 7.90. The molecular formula is C15H23Cl2N5OS. The van der Waals surface area contributed by atoms with Crippen LogP contribution in [0.4, 0.5) is 0 Å². The SMILES string of the molecule is CCN[C@H](C)CNC(=O)c1ccc(CSc2ncn[nH]2)cc1.Cl.Cl. The number of amides is 1. The van der Waals surface area contributed by atoms with Gasteiger partial charge in [-0.05, 0) is 31.2 Å². The van der Waals surface area contributed by atoms with Crippen LogP contribution in [0, 0.1) is 0 Å². The van der Waals surface area contributed by atoms with Crippen molar-refractivity contribution in [3.8, 4) is 0 Å². The Kier molecular flexibility index (Phi) is 11.5. The first-order chi connectivity index (χ1) is 10.7. The minimum Gasteiger partial charge on any atom is -0.350 e. The quantitative estimate of drug-likeness (QED) is 0.602. The minimum absolute atomic E-state index is 0. The lowest BCUT2D eigenvalue weighted by Crippen LogP contribution is -2.38. The molecule has 0 bridgehead atoms. The Labute approximate surface area is 158 Å². The number of thioether (sulfide) groups is 1. The highest BCUT2D eigenvalue weighted by atomic mass is 35.5. The smallest absolute Gasteiger partial charge is 0.251 e. The fraction of sp³-hybridized carbons (Fsp3) is 0.400. The van der Waals surface area contributed by atoms with Gasteiger partial charge in [-0.15, -0.1) is 24.8 Å². The predicted octanol–water partition coefficient (Wildman–Crippen LogP) is 2.67. The molecule has 9 heteroatoms. The number of aromatic nitrogens is 3. The van der Waals surface area contributed by atoms with E-state index in [4.69, 9.17) is 0 Å². The number of nitrogens with one attached hydrogen (secondary N) is 3. The van der Waals surface area contributed by atoms with Crippen molar-refractivity contribution in [1.29, 1.82) is 0 Å². The molecule has 0 saturated heterocycles. The molecule has 1 aromatic heterocycles. The summed E-state index contributed by atoms with van der Waals surface area (Å²) in [5.41, 5.74) is 1.82. The van der Waals surface area contributed by atoms with Crippen LogP contribution in [0.1, 0.15) is 29.8 Å². The molecule has 1 heterocycles.